The molecule has 1 N–H and O–H groups in total. The highest BCUT2D eigenvalue weighted by molar-refractivity contribution is 7.99. The molecule has 6 nitrogen and oxygen atoms in total. The van der Waals surface area contributed by atoms with Crippen molar-refractivity contribution in [3.63, 3.8) is 0 Å². The van der Waals surface area contributed by atoms with Crippen LogP contribution in [0, 0.1) is 0 Å². The average Bonchev–Trinajstić information content (AvgIpc) is 3.37. The number of amides is 1. The first-order valence-corrected chi connectivity index (χ1v) is 13.0. The molecule has 0 unspecified atom stereocenters. The number of carbonyl (C=O) groups excluding carboxylic acids is 1. The molecule has 178 valence electrons. The number of benzene rings is 1. The van der Waals surface area contributed by atoms with Gasteiger partial charge in [0.25, 0.3) is 5.91 Å². The van der Waals surface area contributed by atoms with E-state index in [9.17, 15) is 4.79 Å². The van der Waals surface area contributed by atoms with E-state index >= 15 is 0 Å². The molecule has 1 saturated heterocycles. The fraction of sp³-hybridized carbons (Fsp3) is 0.538. The van der Waals surface area contributed by atoms with E-state index in [1.807, 2.05) is 36.4 Å². The minimum Gasteiger partial charge on any atom is -0.492 e. The van der Waals surface area contributed by atoms with Crippen molar-refractivity contribution in [1.82, 2.24) is 15.2 Å². The maximum absolute atomic E-state index is 12.9. The van der Waals surface area contributed by atoms with E-state index in [1.165, 1.54) is 25.7 Å². The van der Waals surface area contributed by atoms with Crippen LogP contribution < -0.4 is 10.1 Å². The van der Waals surface area contributed by atoms with Gasteiger partial charge in [-0.2, -0.15) is 0 Å². The van der Waals surface area contributed by atoms with Crippen molar-refractivity contribution in [2.45, 2.75) is 61.4 Å². The Morgan fingerprint density at radius 3 is 2.82 bits per heavy atom. The standard InChI is InChI=1S/C26H35N3O3S/c1-29(21-11-15-31-16-12-21)14-17-32-22-7-4-6-20(18-22)19-28-25(30)24-10-5-13-27-26(24)33-23-8-2-3-9-23/h4-7,10,13,18,21,23H,2-3,8-9,11-12,14-17,19H2,1H3,(H,28,30). The van der Waals surface area contributed by atoms with E-state index in [0.717, 1.165) is 48.9 Å². The van der Waals surface area contributed by atoms with Gasteiger partial charge in [0.2, 0.25) is 0 Å². The molecule has 1 saturated carbocycles. The predicted molar refractivity (Wildman–Crippen MR) is 132 cm³/mol. The topological polar surface area (TPSA) is 63.7 Å². The number of hydrogen-bond donors (Lipinski definition) is 1. The summed E-state index contributed by atoms with van der Waals surface area (Å²) in [6, 6.07) is 12.2. The van der Waals surface area contributed by atoms with Crippen LogP contribution in [0.1, 0.15) is 54.4 Å². The molecule has 2 heterocycles. The van der Waals surface area contributed by atoms with Crippen molar-refractivity contribution in [1.29, 1.82) is 0 Å². The molecular formula is C26H35N3O3S. The number of thioether (sulfide) groups is 1. The van der Waals surface area contributed by atoms with Crippen LogP contribution in [0.15, 0.2) is 47.6 Å². The molecule has 0 bridgehead atoms. The molecule has 33 heavy (non-hydrogen) atoms. The molecule has 4 rings (SSSR count). The molecule has 0 radical (unpaired) electrons. The smallest absolute Gasteiger partial charge is 0.254 e. The van der Waals surface area contributed by atoms with Crippen molar-refractivity contribution in [3.05, 3.63) is 53.7 Å². The van der Waals surface area contributed by atoms with E-state index in [1.54, 1.807) is 18.0 Å². The molecule has 0 atom stereocenters. The van der Waals surface area contributed by atoms with Gasteiger partial charge in [-0.05, 0) is 62.6 Å². The Kier molecular flexibility index (Phi) is 9.03. The highest BCUT2D eigenvalue weighted by atomic mass is 32.2. The number of carbonyl (C=O) groups is 1. The largest absolute Gasteiger partial charge is 0.492 e. The van der Waals surface area contributed by atoms with Crippen LogP contribution in [0.2, 0.25) is 0 Å². The summed E-state index contributed by atoms with van der Waals surface area (Å²) in [5, 5.41) is 4.47. The van der Waals surface area contributed by atoms with Crippen molar-refractivity contribution in [3.8, 4) is 5.75 Å². The van der Waals surface area contributed by atoms with Gasteiger partial charge in [-0.3, -0.25) is 9.69 Å². The van der Waals surface area contributed by atoms with Crippen LogP contribution >= 0.6 is 11.8 Å². The fourth-order valence-electron chi connectivity index (χ4n) is 4.46. The minimum atomic E-state index is -0.0759. The molecule has 0 spiro atoms. The summed E-state index contributed by atoms with van der Waals surface area (Å²) >= 11 is 1.75. The molecule has 1 amide bonds. The van der Waals surface area contributed by atoms with Crippen LogP contribution in [0.25, 0.3) is 0 Å². The highest BCUT2D eigenvalue weighted by Gasteiger charge is 2.21. The van der Waals surface area contributed by atoms with Crippen molar-refractivity contribution in [2.75, 3.05) is 33.4 Å². The first-order valence-electron chi connectivity index (χ1n) is 12.1. The zero-order chi connectivity index (χ0) is 22.9. The second-order valence-electron chi connectivity index (χ2n) is 8.88. The van der Waals surface area contributed by atoms with Gasteiger partial charge >= 0.3 is 0 Å². The summed E-state index contributed by atoms with van der Waals surface area (Å²) < 4.78 is 11.4. The zero-order valence-corrected chi connectivity index (χ0v) is 20.3. The number of pyridine rings is 1. The van der Waals surface area contributed by atoms with Crippen LogP contribution in [-0.4, -0.2) is 60.5 Å². The molecular weight excluding hydrogens is 434 g/mol. The zero-order valence-electron chi connectivity index (χ0n) is 19.5. The van der Waals surface area contributed by atoms with Gasteiger partial charge in [-0.1, -0.05) is 25.0 Å². The molecule has 2 aliphatic rings. The molecule has 1 aromatic heterocycles. The maximum Gasteiger partial charge on any atom is 0.254 e. The lowest BCUT2D eigenvalue weighted by atomic mass is 10.1. The Bertz CT molecular complexity index is 898. The predicted octanol–water partition coefficient (Wildman–Crippen LogP) is 4.54. The van der Waals surface area contributed by atoms with Crippen LogP contribution in [0.4, 0.5) is 0 Å². The first-order chi connectivity index (χ1) is 16.2. The van der Waals surface area contributed by atoms with E-state index < -0.39 is 0 Å². The molecule has 1 aliphatic heterocycles. The average molecular weight is 470 g/mol. The fourth-order valence-corrected chi connectivity index (χ4v) is 5.75. The van der Waals surface area contributed by atoms with Gasteiger partial charge in [0, 0.05) is 43.8 Å². The summed E-state index contributed by atoms with van der Waals surface area (Å²) in [5.74, 6) is 0.758. The summed E-state index contributed by atoms with van der Waals surface area (Å²) in [5.41, 5.74) is 1.69. The quantitative estimate of drug-likeness (QED) is 0.551. The number of rotatable bonds is 10. The number of hydrogen-bond acceptors (Lipinski definition) is 6. The number of aromatic nitrogens is 1. The molecule has 1 aliphatic carbocycles. The Balaban J connectivity index is 1.26. The highest BCUT2D eigenvalue weighted by Crippen LogP contribution is 2.35. The first kappa shape index (κ1) is 24.0. The Hall–Kier alpha value is -2.09. The second-order valence-corrected chi connectivity index (χ2v) is 10.2. The van der Waals surface area contributed by atoms with Crippen molar-refractivity contribution >= 4 is 17.7 Å². The molecule has 2 aromatic rings. The lowest BCUT2D eigenvalue weighted by molar-refractivity contribution is 0.0392. The van der Waals surface area contributed by atoms with E-state index in [0.29, 0.717) is 30.0 Å². The summed E-state index contributed by atoms with van der Waals surface area (Å²) in [6.07, 6.45) is 8.91. The maximum atomic E-state index is 12.9. The van der Waals surface area contributed by atoms with E-state index in [-0.39, 0.29) is 5.91 Å². The summed E-state index contributed by atoms with van der Waals surface area (Å²) in [7, 11) is 2.16. The van der Waals surface area contributed by atoms with Gasteiger partial charge in [-0.15, -0.1) is 11.8 Å². The number of nitrogens with zero attached hydrogens (tertiary/aromatic N) is 2. The SMILES string of the molecule is CN(CCOc1cccc(CNC(=O)c2cccnc2SC2CCCC2)c1)C1CCOCC1. The third kappa shape index (κ3) is 7.19. The number of nitrogens with one attached hydrogen (secondary N) is 1. The van der Waals surface area contributed by atoms with Crippen molar-refractivity contribution < 1.29 is 14.3 Å². The van der Waals surface area contributed by atoms with Crippen LogP contribution in [0.5, 0.6) is 5.75 Å². The van der Waals surface area contributed by atoms with Crippen molar-refractivity contribution in [2.24, 2.45) is 0 Å². The summed E-state index contributed by atoms with van der Waals surface area (Å²) in [6.45, 7) is 3.68. The lowest BCUT2D eigenvalue weighted by Crippen LogP contribution is -2.38. The van der Waals surface area contributed by atoms with Gasteiger partial charge in [0.1, 0.15) is 17.4 Å². The molecule has 7 heteroatoms. The Labute approximate surface area is 201 Å². The monoisotopic (exact) mass is 469 g/mol. The van der Waals surface area contributed by atoms with Gasteiger partial charge in [0.05, 0.1) is 5.56 Å². The van der Waals surface area contributed by atoms with Crippen LogP contribution in [0.3, 0.4) is 0 Å². The lowest BCUT2D eigenvalue weighted by Gasteiger charge is -2.31. The number of ether oxygens (including phenoxy) is 2. The third-order valence-corrected chi connectivity index (χ3v) is 7.83. The molecule has 2 fully saturated rings. The third-order valence-electron chi connectivity index (χ3n) is 6.47. The van der Waals surface area contributed by atoms with E-state index in [2.05, 4.69) is 22.2 Å². The minimum absolute atomic E-state index is 0.0759. The van der Waals surface area contributed by atoms with Gasteiger partial charge in [-0.25, -0.2) is 4.98 Å². The van der Waals surface area contributed by atoms with E-state index in [4.69, 9.17) is 9.47 Å². The van der Waals surface area contributed by atoms with Gasteiger partial charge < -0.3 is 14.8 Å². The second kappa shape index (κ2) is 12.4. The Morgan fingerprint density at radius 2 is 2.00 bits per heavy atom. The Morgan fingerprint density at radius 1 is 1.18 bits per heavy atom. The molecule has 1 aromatic carbocycles. The normalized spacial score (nSPS) is 17.4. The van der Waals surface area contributed by atoms with Gasteiger partial charge in [0.15, 0.2) is 0 Å². The number of likely N-dealkylation sites (N-methyl/N-ethyl adjacent to an activating group) is 1. The summed E-state index contributed by atoms with van der Waals surface area (Å²) in [4.78, 5) is 19.7. The van der Waals surface area contributed by atoms with Crippen LogP contribution in [-0.2, 0) is 11.3 Å².